The molecule has 0 amide bonds. The van der Waals surface area contributed by atoms with E-state index in [1.54, 1.807) is 0 Å². The zero-order valence-electron chi connectivity index (χ0n) is 3.41. The van der Waals surface area contributed by atoms with Crippen molar-refractivity contribution in [2.24, 2.45) is 0 Å². The Morgan fingerprint density at radius 3 is 1.25 bits per heavy atom. The van der Waals surface area contributed by atoms with Crippen LogP contribution in [0.3, 0.4) is 0 Å². The van der Waals surface area contributed by atoms with Gasteiger partial charge >= 0.3 is 52.1 Å². The maximum atomic E-state index is 1.43. The van der Waals surface area contributed by atoms with E-state index in [0.29, 0.717) is 23.0 Å². The van der Waals surface area contributed by atoms with Crippen LogP contribution in [0.1, 0.15) is 0 Å². The Hall–Kier alpha value is 2.17. The van der Waals surface area contributed by atoms with Gasteiger partial charge in [-0.25, -0.2) is 0 Å². The van der Waals surface area contributed by atoms with Crippen LogP contribution in [0, 0.1) is 0 Å². The number of hydrogen-bond donors (Lipinski definition) is 0. The van der Waals surface area contributed by atoms with Crippen LogP contribution < -0.4 is 0 Å². The van der Waals surface area contributed by atoms with Crippen molar-refractivity contribution in [3.63, 3.8) is 0 Å². The second kappa shape index (κ2) is 5.17. The maximum absolute atomic E-state index is 1.43. The molecule has 0 spiro atoms. The van der Waals surface area contributed by atoms with E-state index < -0.39 is 0 Å². The third kappa shape index (κ3) is 4.17. The van der Waals surface area contributed by atoms with E-state index in [-0.39, 0.29) is 0 Å². The average molecular weight is 301 g/mol. The van der Waals surface area contributed by atoms with Crippen LogP contribution in [-0.4, -0.2) is 52.1 Å². The van der Waals surface area contributed by atoms with Gasteiger partial charge in [-0.2, -0.15) is 0 Å². The quantitative estimate of drug-likeness (QED) is 0.431. The Labute approximate surface area is 51.5 Å². The molecule has 0 aromatic rings. The van der Waals surface area contributed by atoms with Gasteiger partial charge in [-0.05, 0) is 0 Å². The Balaban J connectivity index is 1.97. The molecular weight excluding hydrogens is 290 g/mol. The number of rotatable bonds is 1. The van der Waals surface area contributed by atoms with Crippen LogP contribution in [-0.2, 0) is 0 Å². The first-order chi connectivity index (χ1) is 1.91. The van der Waals surface area contributed by atoms with Gasteiger partial charge in [0.1, 0.15) is 0 Å². The number of hydrogen-bond acceptors (Lipinski definition) is 0. The van der Waals surface area contributed by atoms with Gasteiger partial charge in [-0.15, -0.1) is 0 Å². The van der Waals surface area contributed by atoms with Crippen LogP contribution in [0.5, 0.6) is 0 Å². The van der Waals surface area contributed by atoms with E-state index >= 15 is 0 Å². The molecule has 0 aromatic carbocycles. The molecule has 0 saturated carbocycles. The van der Waals surface area contributed by atoms with Crippen LogP contribution in [0.2, 0.25) is 0 Å². The second-order valence-corrected chi connectivity index (χ2v) is 140. The average Bonchev–Trinajstić information content (AvgIpc) is 1.37. The van der Waals surface area contributed by atoms with Gasteiger partial charge in [0.05, 0.1) is 0 Å². The molecule has 26 valence electrons. The summed E-state index contributed by atoms with van der Waals surface area (Å²) in [6.45, 7) is 0. The first kappa shape index (κ1) is 6.17. The van der Waals surface area contributed by atoms with E-state index in [1.165, 1.54) is 29.1 Å². The molecule has 0 saturated heterocycles. The van der Waals surface area contributed by atoms with Gasteiger partial charge in [0.2, 0.25) is 0 Å². The summed E-state index contributed by atoms with van der Waals surface area (Å²) in [7, 11) is 0. The Kier molecular flexibility index (Phi) is 7.98. The Morgan fingerprint density at radius 2 is 1.25 bits per heavy atom. The monoisotopic (exact) mass is 306 g/mol. The standard InChI is InChI=1S/Ge4H10/c1-3-4-2/h3-4H2,1-2H3. The molecule has 0 unspecified atom stereocenters. The van der Waals surface area contributed by atoms with Crippen LogP contribution in [0.25, 0.3) is 0 Å². The molecule has 0 aliphatic carbocycles. The van der Waals surface area contributed by atoms with Gasteiger partial charge in [0.25, 0.3) is 0 Å². The fourth-order valence-electron chi connectivity index (χ4n) is 0. The van der Waals surface area contributed by atoms with E-state index in [0.717, 1.165) is 0 Å². The van der Waals surface area contributed by atoms with E-state index in [2.05, 4.69) is 0 Å². The molecule has 0 fully saturated rings. The normalized spacial score (nSPS) is 15.0. The van der Waals surface area contributed by atoms with E-state index in [4.69, 9.17) is 0 Å². The van der Waals surface area contributed by atoms with Crippen molar-refractivity contribution in [1.82, 2.24) is 0 Å². The summed E-state index contributed by atoms with van der Waals surface area (Å²) in [6.07, 6.45) is 0. The zero-order chi connectivity index (χ0) is 3.41. The molecule has 0 aliphatic heterocycles. The van der Waals surface area contributed by atoms with Crippen molar-refractivity contribution in [2.75, 3.05) is 0 Å². The van der Waals surface area contributed by atoms with Crippen LogP contribution in [0.15, 0.2) is 0 Å². The van der Waals surface area contributed by atoms with E-state index in [1.807, 2.05) is 0 Å². The fraction of sp³-hybridized carbons (Fsp3) is 0. The molecular formula is H10Ge4. The fourth-order valence-corrected chi connectivity index (χ4v) is 0. The molecule has 0 radical (unpaired) electrons. The van der Waals surface area contributed by atoms with Crippen molar-refractivity contribution < 1.29 is 0 Å². The van der Waals surface area contributed by atoms with Crippen molar-refractivity contribution in [2.45, 2.75) is 0 Å². The molecule has 0 N–H and O–H groups in total. The summed E-state index contributed by atoms with van der Waals surface area (Å²) in [4.78, 5) is 0. The Bertz CT molecular complexity index is 2.00. The molecule has 4 heteroatoms. The molecule has 0 nitrogen and oxygen atoms in total. The summed E-state index contributed by atoms with van der Waals surface area (Å²) < 4.78 is 0. The predicted molar refractivity (Wildman–Crippen MR) is 37.0 cm³/mol. The van der Waals surface area contributed by atoms with Gasteiger partial charge in [-0.3, -0.25) is 0 Å². The van der Waals surface area contributed by atoms with Gasteiger partial charge in [0.15, 0.2) is 0 Å². The third-order valence-corrected chi connectivity index (χ3v) is 364. The molecule has 0 bridgehead atoms. The molecule has 0 aliphatic rings. The predicted octanol–water partition coefficient (Wildman–Crippen LogP) is -4.20. The summed E-state index contributed by atoms with van der Waals surface area (Å²) in [6, 6.07) is 0. The first-order valence-corrected chi connectivity index (χ1v) is 51.7. The minimum atomic E-state index is 0.569. The van der Waals surface area contributed by atoms with Crippen LogP contribution in [0.4, 0.5) is 0 Å². The molecule has 0 heterocycles. The topological polar surface area (TPSA) is 0 Å². The van der Waals surface area contributed by atoms with Crippen molar-refractivity contribution in [1.29, 1.82) is 0 Å². The van der Waals surface area contributed by atoms with Crippen molar-refractivity contribution in [3.05, 3.63) is 0 Å². The molecule has 0 atom stereocenters. The summed E-state index contributed by atoms with van der Waals surface area (Å²) >= 11 is 4.00. The third-order valence-electron chi connectivity index (χ3n) is 0.500. The van der Waals surface area contributed by atoms with E-state index in [9.17, 15) is 0 Å². The second-order valence-electron chi connectivity index (χ2n) is 1.000. The van der Waals surface area contributed by atoms with Gasteiger partial charge in [-0.1, -0.05) is 0 Å². The van der Waals surface area contributed by atoms with Crippen molar-refractivity contribution in [3.8, 4) is 0 Å². The SMILES string of the molecule is [GeH3][GeH2][GeH2][GeH3]. The first-order valence-electron chi connectivity index (χ1n) is 1.91. The minimum absolute atomic E-state index is 0.569. The van der Waals surface area contributed by atoms with Crippen LogP contribution >= 0.6 is 0 Å². The Morgan fingerprint density at radius 1 is 1.00 bits per heavy atom. The molecule has 4 heavy (non-hydrogen) atoms. The summed E-state index contributed by atoms with van der Waals surface area (Å²) in [5.41, 5.74) is 0. The molecule has 0 aromatic heterocycles. The summed E-state index contributed by atoms with van der Waals surface area (Å²) in [5.74, 6) is 0. The van der Waals surface area contributed by atoms with Crippen molar-refractivity contribution >= 4 is 52.1 Å². The van der Waals surface area contributed by atoms with Gasteiger partial charge in [0, 0.05) is 0 Å². The summed E-state index contributed by atoms with van der Waals surface area (Å²) in [5, 5.41) is 0. The van der Waals surface area contributed by atoms with Gasteiger partial charge < -0.3 is 0 Å². The zero-order valence-corrected chi connectivity index (χ0v) is 17.7. The molecule has 0 rings (SSSR count).